The van der Waals surface area contributed by atoms with Crippen LogP contribution in [0.25, 0.3) is 33.7 Å². The van der Waals surface area contributed by atoms with Crippen LogP contribution in [0.2, 0.25) is 5.02 Å². The second-order valence-corrected chi connectivity index (χ2v) is 6.11. The molecule has 0 aliphatic carbocycles. The molecule has 5 heteroatoms. The van der Waals surface area contributed by atoms with Crippen molar-refractivity contribution < 1.29 is 4.39 Å². The van der Waals surface area contributed by atoms with Gasteiger partial charge in [-0.1, -0.05) is 35.9 Å². The van der Waals surface area contributed by atoms with E-state index in [0.29, 0.717) is 17.2 Å². The Bertz CT molecular complexity index is 1100. The fraction of sp³-hybridized carbons (Fsp3) is 0.0500. The number of rotatable bonds is 2. The monoisotopic (exact) mass is 349 g/mol. The normalized spacial score (nSPS) is 11.0. The first-order valence-electron chi connectivity index (χ1n) is 7.78. The van der Waals surface area contributed by atoms with Crippen LogP contribution in [0.3, 0.4) is 0 Å². The number of para-hydroxylation sites is 1. The highest BCUT2D eigenvalue weighted by Gasteiger charge is 2.13. The third kappa shape index (κ3) is 2.96. The quantitative estimate of drug-likeness (QED) is 0.482. The van der Waals surface area contributed by atoms with Crippen LogP contribution >= 0.6 is 11.6 Å². The van der Waals surface area contributed by atoms with Gasteiger partial charge < -0.3 is 0 Å². The van der Waals surface area contributed by atoms with Gasteiger partial charge in [-0.15, -0.1) is 0 Å². The second-order valence-electron chi connectivity index (χ2n) is 5.71. The first kappa shape index (κ1) is 15.7. The zero-order valence-electron chi connectivity index (χ0n) is 13.4. The lowest BCUT2D eigenvalue weighted by Gasteiger charge is -2.09. The fourth-order valence-corrected chi connectivity index (χ4v) is 2.90. The number of benzene rings is 2. The topological polar surface area (TPSA) is 38.7 Å². The van der Waals surface area contributed by atoms with Gasteiger partial charge in [0.1, 0.15) is 11.5 Å². The van der Waals surface area contributed by atoms with Crippen LogP contribution in [0.4, 0.5) is 4.39 Å². The molecule has 0 amide bonds. The van der Waals surface area contributed by atoms with E-state index in [-0.39, 0.29) is 5.02 Å². The Balaban J connectivity index is 2.00. The summed E-state index contributed by atoms with van der Waals surface area (Å²) in [5.41, 5.74) is 3.82. The van der Waals surface area contributed by atoms with Crippen LogP contribution in [0.15, 0.2) is 60.7 Å². The van der Waals surface area contributed by atoms with Crippen LogP contribution in [-0.2, 0) is 0 Å². The maximum atomic E-state index is 13.5. The number of fused-ring (bicyclic) bond motifs is 1. The Labute approximate surface area is 149 Å². The minimum atomic E-state index is -0.454. The molecule has 0 N–H and O–H groups in total. The number of halogens is 2. The third-order valence-electron chi connectivity index (χ3n) is 3.91. The van der Waals surface area contributed by atoms with Gasteiger partial charge in [0.15, 0.2) is 5.82 Å². The molecule has 0 spiro atoms. The Hall–Kier alpha value is -2.85. The predicted octanol–water partition coefficient (Wildman–Crippen LogP) is 5.46. The molecule has 4 rings (SSSR count). The molecule has 0 saturated carbocycles. The van der Waals surface area contributed by atoms with Crippen LogP contribution in [0.5, 0.6) is 0 Å². The highest BCUT2D eigenvalue weighted by Crippen LogP contribution is 2.30. The molecule has 0 atom stereocenters. The van der Waals surface area contributed by atoms with Crippen molar-refractivity contribution in [2.24, 2.45) is 0 Å². The summed E-state index contributed by atoms with van der Waals surface area (Å²) in [7, 11) is 0. The van der Waals surface area contributed by atoms with Crippen LogP contribution in [0.1, 0.15) is 5.69 Å². The number of hydrogen-bond acceptors (Lipinski definition) is 3. The summed E-state index contributed by atoms with van der Waals surface area (Å²) >= 11 is 5.96. The van der Waals surface area contributed by atoms with Gasteiger partial charge in [-0.3, -0.25) is 0 Å². The summed E-state index contributed by atoms with van der Waals surface area (Å²) in [6, 6.07) is 18.0. The lowest BCUT2D eigenvalue weighted by molar-refractivity contribution is 0.628. The summed E-state index contributed by atoms with van der Waals surface area (Å²) in [5, 5.41) is 0.942. The summed E-state index contributed by atoms with van der Waals surface area (Å²) in [4.78, 5) is 13.8. The zero-order valence-corrected chi connectivity index (χ0v) is 14.1. The maximum absolute atomic E-state index is 13.5. The first-order valence-corrected chi connectivity index (χ1v) is 8.16. The van der Waals surface area contributed by atoms with Gasteiger partial charge in [-0.2, -0.15) is 0 Å². The van der Waals surface area contributed by atoms with Crippen LogP contribution in [-0.4, -0.2) is 15.0 Å². The maximum Gasteiger partial charge on any atom is 0.179 e. The van der Waals surface area contributed by atoms with Crippen molar-refractivity contribution in [2.75, 3.05) is 0 Å². The molecule has 0 saturated heterocycles. The van der Waals surface area contributed by atoms with Crippen LogP contribution in [0, 0.1) is 12.7 Å². The van der Waals surface area contributed by atoms with Gasteiger partial charge in [0.2, 0.25) is 0 Å². The van der Waals surface area contributed by atoms with E-state index in [1.54, 1.807) is 12.1 Å². The van der Waals surface area contributed by atoms with Crippen molar-refractivity contribution in [1.82, 2.24) is 15.0 Å². The van der Waals surface area contributed by atoms with Crippen molar-refractivity contribution in [2.45, 2.75) is 6.92 Å². The van der Waals surface area contributed by atoms with E-state index >= 15 is 0 Å². The summed E-state index contributed by atoms with van der Waals surface area (Å²) in [6.07, 6.45) is 0. The number of aryl methyl sites for hydroxylation is 1. The van der Waals surface area contributed by atoms with Gasteiger partial charge in [0.05, 0.1) is 16.2 Å². The molecule has 0 bridgehead atoms. The molecular formula is C20H13ClFN3. The molecule has 0 aliphatic rings. The van der Waals surface area contributed by atoms with E-state index in [0.717, 1.165) is 22.2 Å². The van der Waals surface area contributed by atoms with E-state index in [4.69, 9.17) is 16.6 Å². The number of nitrogens with zero attached hydrogens (tertiary/aromatic N) is 3. The summed E-state index contributed by atoms with van der Waals surface area (Å²) < 4.78 is 13.5. The summed E-state index contributed by atoms with van der Waals surface area (Å²) in [5.74, 6) is 0.0715. The largest absolute Gasteiger partial charge is 0.250 e. The van der Waals surface area contributed by atoms with Crippen molar-refractivity contribution >= 4 is 22.5 Å². The van der Waals surface area contributed by atoms with E-state index in [1.807, 2.05) is 49.4 Å². The molecule has 2 heterocycles. The Morgan fingerprint density at radius 2 is 1.72 bits per heavy atom. The fourth-order valence-electron chi connectivity index (χ4n) is 2.72. The lowest BCUT2D eigenvalue weighted by atomic mass is 10.1. The van der Waals surface area contributed by atoms with Crippen LogP contribution < -0.4 is 0 Å². The molecular weight excluding hydrogens is 337 g/mol. The van der Waals surface area contributed by atoms with E-state index in [1.165, 1.54) is 6.07 Å². The smallest absolute Gasteiger partial charge is 0.179 e. The highest BCUT2D eigenvalue weighted by atomic mass is 35.5. The van der Waals surface area contributed by atoms with Gasteiger partial charge in [0.25, 0.3) is 0 Å². The average Bonchev–Trinajstić information content (AvgIpc) is 2.63. The number of hydrogen-bond donors (Lipinski definition) is 0. The van der Waals surface area contributed by atoms with Crippen molar-refractivity contribution in [3.8, 4) is 22.8 Å². The minimum Gasteiger partial charge on any atom is -0.250 e. The van der Waals surface area contributed by atoms with Gasteiger partial charge in [-0.05, 0) is 43.3 Å². The molecule has 4 aromatic rings. The Morgan fingerprint density at radius 1 is 0.880 bits per heavy atom. The lowest BCUT2D eigenvalue weighted by Crippen LogP contribution is -1.97. The standard InChI is InChI=1S/C20H13ClFN3/c1-12-5-4-8-18(23-12)20-24-17-7-3-2-6-14(17)19(25-20)13-9-10-16(22)15(21)11-13/h2-11H,1H3. The predicted molar refractivity (Wildman–Crippen MR) is 97.9 cm³/mol. The third-order valence-corrected chi connectivity index (χ3v) is 4.20. The molecule has 25 heavy (non-hydrogen) atoms. The highest BCUT2D eigenvalue weighted by molar-refractivity contribution is 6.31. The number of aromatic nitrogens is 3. The Morgan fingerprint density at radius 3 is 2.52 bits per heavy atom. The molecule has 0 aliphatic heterocycles. The van der Waals surface area contributed by atoms with Gasteiger partial charge >= 0.3 is 0 Å². The average molecular weight is 350 g/mol. The van der Waals surface area contributed by atoms with Crippen molar-refractivity contribution in [3.05, 3.63) is 77.2 Å². The molecule has 0 unspecified atom stereocenters. The number of pyridine rings is 1. The molecule has 3 nitrogen and oxygen atoms in total. The first-order chi connectivity index (χ1) is 12.1. The molecule has 0 fully saturated rings. The molecule has 122 valence electrons. The van der Waals surface area contributed by atoms with Crippen molar-refractivity contribution in [1.29, 1.82) is 0 Å². The SMILES string of the molecule is Cc1cccc(-c2nc(-c3ccc(F)c(Cl)c3)c3ccccc3n2)n1. The molecule has 0 radical (unpaired) electrons. The minimum absolute atomic E-state index is 0.0652. The van der Waals surface area contributed by atoms with Gasteiger partial charge in [0, 0.05) is 16.6 Å². The zero-order chi connectivity index (χ0) is 17.4. The van der Waals surface area contributed by atoms with Gasteiger partial charge in [-0.25, -0.2) is 19.3 Å². The van der Waals surface area contributed by atoms with E-state index in [9.17, 15) is 4.39 Å². The molecule has 2 aromatic heterocycles. The molecule has 2 aromatic carbocycles. The summed E-state index contributed by atoms with van der Waals surface area (Å²) in [6.45, 7) is 1.92. The second kappa shape index (κ2) is 6.22. The Kier molecular flexibility index (Phi) is 3.90. The van der Waals surface area contributed by atoms with E-state index < -0.39 is 5.82 Å². The van der Waals surface area contributed by atoms with Crippen molar-refractivity contribution in [3.63, 3.8) is 0 Å². The van der Waals surface area contributed by atoms with E-state index in [2.05, 4.69) is 9.97 Å².